The van der Waals surface area contributed by atoms with Crippen molar-refractivity contribution >= 4 is 21.5 Å². The molecule has 0 radical (unpaired) electrons. The highest BCUT2D eigenvalue weighted by molar-refractivity contribution is 7.19. The van der Waals surface area contributed by atoms with E-state index in [0.29, 0.717) is 6.04 Å². The lowest BCUT2D eigenvalue weighted by Gasteiger charge is -2.29. The van der Waals surface area contributed by atoms with E-state index in [1.165, 1.54) is 11.3 Å². The van der Waals surface area contributed by atoms with Crippen molar-refractivity contribution in [1.29, 1.82) is 0 Å². The van der Waals surface area contributed by atoms with Crippen LogP contribution in [0.4, 0.5) is 10.1 Å². The van der Waals surface area contributed by atoms with Crippen LogP contribution < -0.4 is 11.1 Å². The lowest BCUT2D eigenvalue weighted by atomic mass is 10.3. The van der Waals surface area contributed by atoms with Crippen molar-refractivity contribution in [2.24, 2.45) is 0 Å². The summed E-state index contributed by atoms with van der Waals surface area (Å²) in [5.74, 6) is 0. The fourth-order valence-electron chi connectivity index (χ4n) is 1.78. The molecule has 5 nitrogen and oxygen atoms in total. The summed E-state index contributed by atoms with van der Waals surface area (Å²) in [5.41, 5.74) is 5.63. The Labute approximate surface area is 99.6 Å². The summed E-state index contributed by atoms with van der Waals surface area (Å²) in [6, 6.07) is 0.378. The Hall–Kier alpha value is -0.850. The number of hydrogen-bond acceptors (Lipinski definition) is 6. The molecule has 2 rings (SSSR count). The Morgan fingerprint density at radius 3 is 3.00 bits per heavy atom. The van der Waals surface area contributed by atoms with Gasteiger partial charge in [0.15, 0.2) is 5.13 Å². The largest absolute Gasteiger partial charge is 0.389 e. The molecule has 2 heterocycles. The molecule has 1 fully saturated rings. The van der Waals surface area contributed by atoms with Crippen LogP contribution >= 0.6 is 11.3 Å². The second-order valence-corrected chi connectivity index (χ2v) is 5.09. The summed E-state index contributed by atoms with van der Waals surface area (Å²) >= 11 is 1.49. The molecule has 3 N–H and O–H groups in total. The van der Waals surface area contributed by atoms with E-state index in [0.717, 1.165) is 43.0 Å². The predicted octanol–water partition coefficient (Wildman–Crippen LogP) is 0.858. The number of anilines is 2. The van der Waals surface area contributed by atoms with Crippen molar-refractivity contribution in [2.45, 2.75) is 13.0 Å². The molecule has 0 amide bonds. The Bertz CT molecular complexity index is 324. The first-order valence-electron chi connectivity index (χ1n) is 5.52. The van der Waals surface area contributed by atoms with Gasteiger partial charge in [0.05, 0.1) is 19.4 Å². The number of nitrogen functional groups attached to an aromatic ring is 1. The van der Waals surface area contributed by atoms with Gasteiger partial charge in [-0.1, -0.05) is 11.3 Å². The SMILES string of the molecule is CC(CN1CCOCC1)Nc1ncc(N)s1. The van der Waals surface area contributed by atoms with Gasteiger partial charge in [0, 0.05) is 25.7 Å². The molecule has 16 heavy (non-hydrogen) atoms. The molecule has 1 aliphatic rings. The van der Waals surface area contributed by atoms with E-state index in [9.17, 15) is 0 Å². The van der Waals surface area contributed by atoms with Crippen LogP contribution in [0.3, 0.4) is 0 Å². The molecule has 1 atom stereocenters. The molecule has 0 spiro atoms. The van der Waals surface area contributed by atoms with E-state index >= 15 is 0 Å². The number of nitrogens with two attached hydrogens (primary N) is 1. The normalized spacial score (nSPS) is 19.6. The highest BCUT2D eigenvalue weighted by Gasteiger charge is 2.14. The first-order valence-corrected chi connectivity index (χ1v) is 6.33. The molecule has 6 heteroatoms. The third kappa shape index (κ3) is 3.33. The quantitative estimate of drug-likeness (QED) is 0.820. The fourth-order valence-corrected chi connectivity index (χ4v) is 2.47. The molecule has 0 bridgehead atoms. The van der Waals surface area contributed by atoms with Gasteiger partial charge in [-0.2, -0.15) is 0 Å². The summed E-state index contributed by atoms with van der Waals surface area (Å²) in [6.45, 7) is 6.90. The molecule has 1 unspecified atom stereocenters. The van der Waals surface area contributed by atoms with Gasteiger partial charge >= 0.3 is 0 Å². The van der Waals surface area contributed by atoms with Crippen molar-refractivity contribution in [3.05, 3.63) is 6.20 Å². The molecule has 0 aromatic carbocycles. The smallest absolute Gasteiger partial charge is 0.184 e. The van der Waals surface area contributed by atoms with Crippen LogP contribution in [-0.2, 0) is 4.74 Å². The fraction of sp³-hybridized carbons (Fsp3) is 0.700. The van der Waals surface area contributed by atoms with Gasteiger partial charge in [0.25, 0.3) is 0 Å². The Balaban J connectivity index is 1.77. The highest BCUT2D eigenvalue weighted by Crippen LogP contribution is 2.20. The standard InChI is InChI=1S/C10H18N4OS/c1-8(7-14-2-4-15-5-3-14)13-10-12-6-9(11)16-10/h6,8H,2-5,7,11H2,1H3,(H,12,13). The third-order valence-electron chi connectivity index (χ3n) is 2.53. The summed E-state index contributed by atoms with van der Waals surface area (Å²) in [7, 11) is 0. The summed E-state index contributed by atoms with van der Waals surface area (Å²) < 4.78 is 5.31. The lowest BCUT2D eigenvalue weighted by molar-refractivity contribution is 0.0368. The number of ether oxygens (including phenoxy) is 1. The zero-order valence-corrected chi connectivity index (χ0v) is 10.3. The van der Waals surface area contributed by atoms with Crippen molar-refractivity contribution in [3.63, 3.8) is 0 Å². The van der Waals surface area contributed by atoms with E-state index in [4.69, 9.17) is 10.5 Å². The topological polar surface area (TPSA) is 63.4 Å². The van der Waals surface area contributed by atoms with Gasteiger partial charge in [-0.05, 0) is 6.92 Å². The third-order valence-corrected chi connectivity index (χ3v) is 3.29. The summed E-state index contributed by atoms with van der Waals surface area (Å²) in [5, 5.41) is 5.01. The zero-order chi connectivity index (χ0) is 11.4. The van der Waals surface area contributed by atoms with Gasteiger partial charge in [0.2, 0.25) is 0 Å². The molecular formula is C10H18N4OS. The lowest BCUT2D eigenvalue weighted by Crippen LogP contribution is -2.42. The number of thiazole rings is 1. The minimum atomic E-state index is 0.378. The highest BCUT2D eigenvalue weighted by atomic mass is 32.1. The molecule has 1 aromatic rings. The summed E-state index contributed by atoms with van der Waals surface area (Å²) in [4.78, 5) is 6.59. The molecule has 0 aliphatic carbocycles. The van der Waals surface area contributed by atoms with E-state index in [1.807, 2.05) is 0 Å². The number of nitrogens with one attached hydrogen (secondary N) is 1. The van der Waals surface area contributed by atoms with Crippen LogP contribution in [0.1, 0.15) is 6.92 Å². The first kappa shape index (κ1) is 11.6. The maximum atomic E-state index is 5.63. The van der Waals surface area contributed by atoms with Crippen LogP contribution in [0.15, 0.2) is 6.20 Å². The van der Waals surface area contributed by atoms with Crippen molar-refractivity contribution in [3.8, 4) is 0 Å². The monoisotopic (exact) mass is 242 g/mol. The number of morpholine rings is 1. The van der Waals surface area contributed by atoms with Gasteiger partial charge in [0.1, 0.15) is 5.00 Å². The Morgan fingerprint density at radius 1 is 1.62 bits per heavy atom. The Morgan fingerprint density at radius 2 is 2.38 bits per heavy atom. The van der Waals surface area contributed by atoms with Crippen LogP contribution in [0.5, 0.6) is 0 Å². The average molecular weight is 242 g/mol. The minimum absolute atomic E-state index is 0.378. The number of aromatic nitrogens is 1. The van der Waals surface area contributed by atoms with Crippen molar-refractivity contribution in [1.82, 2.24) is 9.88 Å². The molecule has 1 saturated heterocycles. The van der Waals surface area contributed by atoms with Crippen LogP contribution in [0.2, 0.25) is 0 Å². The molecule has 1 aliphatic heterocycles. The van der Waals surface area contributed by atoms with Gasteiger partial charge in [-0.25, -0.2) is 4.98 Å². The number of hydrogen-bond donors (Lipinski definition) is 2. The van der Waals surface area contributed by atoms with E-state index in [2.05, 4.69) is 22.1 Å². The molecular weight excluding hydrogens is 224 g/mol. The predicted molar refractivity (Wildman–Crippen MR) is 66.9 cm³/mol. The maximum Gasteiger partial charge on any atom is 0.184 e. The minimum Gasteiger partial charge on any atom is -0.389 e. The molecule has 1 aromatic heterocycles. The van der Waals surface area contributed by atoms with Crippen LogP contribution in [-0.4, -0.2) is 48.8 Å². The average Bonchev–Trinajstić information content (AvgIpc) is 2.65. The maximum absolute atomic E-state index is 5.63. The first-order chi connectivity index (χ1) is 7.74. The second-order valence-electron chi connectivity index (χ2n) is 4.03. The zero-order valence-electron chi connectivity index (χ0n) is 9.48. The number of rotatable bonds is 4. The van der Waals surface area contributed by atoms with Crippen LogP contribution in [0.25, 0.3) is 0 Å². The van der Waals surface area contributed by atoms with Crippen molar-refractivity contribution in [2.75, 3.05) is 43.9 Å². The van der Waals surface area contributed by atoms with Gasteiger partial charge in [-0.3, -0.25) is 4.90 Å². The second kappa shape index (κ2) is 5.47. The molecule has 0 saturated carbocycles. The van der Waals surface area contributed by atoms with E-state index in [-0.39, 0.29) is 0 Å². The number of nitrogens with zero attached hydrogens (tertiary/aromatic N) is 2. The van der Waals surface area contributed by atoms with Crippen molar-refractivity contribution < 1.29 is 4.74 Å². The van der Waals surface area contributed by atoms with Crippen LogP contribution in [0, 0.1) is 0 Å². The van der Waals surface area contributed by atoms with Gasteiger partial charge < -0.3 is 15.8 Å². The Kier molecular flexibility index (Phi) is 3.98. The van der Waals surface area contributed by atoms with Gasteiger partial charge in [-0.15, -0.1) is 0 Å². The van der Waals surface area contributed by atoms with E-state index < -0.39 is 0 Å². The summed E-state index contributed by atoms with van der Waals surface area (Å²) in [6.07, 6.45) is 1.69. The molecule has 90 valence electrons. The van der Waals surface area contributed by atoms with E-state index in [1.54, 1.807) is 6.20 Å².